The molecular weight excluding hydrogens is 324 g/mol. The second-order valence-electron chi connectivity index (χ2n) is 4.90. The van der Waals surface area contributed by atoms with Crippen LogP contribution in [-0.2, 0) is 0 Å². The highest BCUT2D eigenvalue weighted by Gasteiger charge is 2.26. The number of hydrogen-bond acceptors (Lipinski definition) is 3. The average Bonchev–Trinajstić information content (AvgIpc) is 2.89. The molecule has 0 atom stereocenters. The molecule has 0 aliphatic rings. The first kappa shape index (κ1) is 15.4. The fraction of sp³-hybridized carbons (Fsp3) is 0.0588. The predicted molar refractivity (Wildman–Crippen MR) is 81.5 cm³/mol. The number of nitrogens with zero attached hydrogens (tertiary/aromatic N) is 1. The second-order valence-corrected chi connectivity index (χ2v) is 5.30. The Kier molecular flexibility index (Phi) is 3.96. The Labute approximate surface area is 135 Å². The van der Waals surface area contributed by atoms with Gasteiger partial charge in [-0.1, -0.05) is 22.8 Å². The van der Waals surface area contributed by atoms with Gasteiger partial charge in [0.15, 0.2) is 5.78 Å². The number of carbonyl (C=O) groups is 1. The number of benzene rings is 2. The molecule has 1 aromatic heterocycles. The number of rotatable bonds is 3. The van der Waals surface area contributed by atoms with Crippen molar-refractivity contribution in [1.29, 1.82) is 0 Å². The van der Waals surface area contributed by atoms with Crippen LogP contribution in [-0.4, -0.2) is 10.9 Å². The Balaban J connectivity index is 2.16. The van der Waals surface area contributed by atoms with Crippen molar-refractivity contribution >= 4 is 17.4 Å². The normalized spacial score (nSPS) is 10.8. The Bertz CT molecular complexity index is 868. The summed E-state index contributed by atoms with van der Waals surface area (Å²) in [5.74, 6) is -1.29. The molecule has 116 valence electrons. The van der Waals surface area contributed by atoms with Gasteiger partial charge in [0.2, 0.25) is 0 Å². The van der Waals surface area contributed by atoms with Crippen molar-refractivity contribution < 1.29 is 18.1 Å². The van der Waals surface area contributed by atoms with Crippen LogP contribution in [0.5, 0.6) is 0 Å². The summed E-state index contributed by atoms with van der Waals surface area (Å²) in [6.07, 6.45) is 0. The number of aromatic nitrogens is 1. The van der Waals surface area contributed by atoms with Crippen molar-refractivity contribution in [2.24, 2.45) is 0 Å². The Morgan fingerprint density at radius 1 is 1.13 bits per heavy atom. The lowest BCUT2D eigenvalue weighted by molar-refractivity contribution is 0.103. The topological polar surface area (TPSA) is 43.1 Å². The number of ketones is 1. The van der Waals surface area contributed by atoms with Crippen molar-refractivity contribution in [3.8, 4) is 11.3 Å². The number of aryl methyl sites for hydroxylation is 1. The van der Waals surface area contributed by atoms with Crippen LogP contribution < -0.4 is 0 Å². The number of hydrogen-bond donors (Lipinski definition) is 0. The molecule has 3 rings (SSSR count). The van der Waals surface area contributed by atoms with E-state index >= 15 is 0 Å². The Hall–Kier alpha value is -2.53. The van der Waals surface area contributed by atoms with E-state index in [0.29, 0.717) is 0 Å². The van der Waals surface area contributed by atoms with Crippen LogP contribution in [0, 0.1) is 18.6 Å². The van der Waals surface area contributed by atoms with Gasteiger partial charge in [0.25, 0.3) is 0 Å². The molecule has 2 aromatic carbocycles. The predicted octanol–water partition coefficient (Wildman–Crippen LogP) is 4.81. The maximum Gasteiger partial charge on any atom is 0.198 e. The molecule has 0 N–H and O–H groups in total. The zero-order valence-electron chi connectivity index (χ0n) is 11.9. The third kappa shape index (κ3) is 2.75. The van der Waals surface area contributed by atoms with Gasteiger partial charge in [0, 0.05) is 5.56 Å². The lowest BCUT2D eigenvalue weighted by Gasteiger charge is -2.05. The first-order valence-corrected chi connectivity index (χ1v) is 7.07. The van der Waals surface area contributed by atoms with Crippen molar-refractivity contribution in [3.63, 3.8) is 0 Å². The van der Waals surface area contributed by atoms with Gasteiger partial charge < -0.3 is 4.52 Å². The molecule has 0 unspecified atom stereocenters. The molecule has 0 aliphatic heterocycles. The summed E-state index contributed by atoms with van der Waals surface area (Å²) in [6, 6.07) is 9.20. The maximum atomic E-state index is 14.1. The van der Waals surface area contributed by atoms with Crippen LogP contribution >= 0.6 is 11.6 Å². The van der Waals surface area contributed by atoms with E-state index in [1.54, 1.807) is 6.92 Å². The SMILES string of the molecule is Cc1onc(-c2c(F)cccc2Cl)c1C(=O)c1ccc(F)cc1. The summed E-state index contributed by atoms with van der Waals surface area (Å²) in [4.78, 5) is 12.7. The van der Waals surface area contributed by atoms with Gasteiger partial charge in [-0.05, 0) is 43.3 Å². The van der Waals surface area contributed by atoms with Gasteiger partial charge in [-0.15, -0.1) is 0 Å². The highest BCUT2D eigenvalue weighted by Crippen LogP contribution is 2.34. The summed E-state index contributed by atoms with van der Waals surface area (Å²) >= 11 is 6.03. The first-order chi connectivity index (χ1) is 11.0. The first-order valence-electron chi connectivity index (χ1n) is 6.70. The van der Waals surface area contributed by atoms with E-state index < -0.39 is 17.4 Å². The molecule has 0 saturated heterocycles. The quantitative estimate of drug-likeness (QED) is 0.646. The van der Waals surface area contributed by atoms with E-state index in [2.05, 4.69) is 5.16 Å². The minimum atomic E-state index is -0.612. The Morgan fingerprint density at radius 2 is 1.83 bits per heavy atom. The molecule has 23 heavy (non-hydrogen) atoms. The van der Waals surface area contributed by atoms with Gasteiger partial charge in [-0.25, -0.2) is 8.78 Å². The van der Waals surface area contributed by atoms with E-state index in [1.807, 2.05) is 0 Å². The highest BCUT2D eigenvalue weighted by molar-refractivity contribution is 6.33. The van der Waals surface area contributed by atoms with Gasteiger partial charge in [-0.2, -0.15) is 0 Å². The molecule has 6 heteroatoms. The lowest BCUT2D eigenvalue weighted by Crippen LogP contribution is -2.04. The molecule has 0 aliphatic carbocycles. The van der Waals surface area contributed by atoms with Crippen molar-refractivity contribution in [2.45, 2.75) is 6.92 Å². The molecule has 0 amide bonds. The fourth-order valence-electron chi connectivity index (χ4n) is 2.28. The fourth-order valence-corrected chi connectivity index (χ4v) is 2.53. The minimum absolute atomic E-state index is 0.00326. The molecule has 0 radical (unpaired) electrons. The van der Waals surface area contributed by atoms with Crippen LogP contribution in [0.4, 0.5) is 8.78 Å². The lowest BCUT2D eigenvalue weighted by atomic mass is 9.98. The largest absolute Gasteiger partial charge is 0.360 e. The molecule has 3 nitrogen and oxygen atoms in total. The summed E-state index contributed by atoms with van der Waals surface area (Å²) in [5.41, 5.74) is 0.367. The minimum Gasteiger partial charge on any atom is -0.360 e. The van der Waals surface area contributed by atoms with Crippen molar-refractivity contribution in [1.82, 2.24) is 5.16 Å². The molecule has 0 spiro atoms. The average molecular weight is 334 g/mol. The van der Waals surface area contributed by atoms with Gasteiger partial charge >= 0.3 is 0 Å². The third-order valence-corrected chi connectivity index (χ3v) is 3.71. The summed E-state index contributed by atoms with van der Waals surface area (Å²) < 4.78 is 32.2. The van der Waals surface area contributed by atoms with E-state index in [1.165, 1.54) is 42.5 Å². The van der Waals surface area contributed by atoms with Crippen LogP contribution in [0.25, 0.3) is 11.3 Å². The van der Waals surface area contributed by atoms with E-state index in [-0.39, 0.29) is 33.2 Å². The zero-order valence-corrected chi connectivity index (χ0v) is 12.7. The molecule has 0 saturated carbocycles. The van der Waals surface area contributed by atoms with E-state index in [4.69, 9.17) is 16.1 Å². The maximum absolute atomic E-state index is 14.1. The number of carbonyl (C=O) groups excluding carboxylic acids is 1. The second kappa shape index (κ2) is 5.93. The summed E-state index contributed by atoms with van der Waals surface area (Å²) in [7, 11) is 0. The molecule has 1 heterocycles. The smallest absolute Gasteiger partial charge is 0.198 e. The van der Waals surface area contributed by atoms with E-state index in [9.17, 15) is 13.6 Å². The summed E-state index contributed by atoms with van der Waals surface area (Å²) in [6.45, 7) is 1.54. The van der Waals surface area contributed by atoms with Crippen LogP contribution in [0.2, 0.25) is 5.02 Å². The van der Waals surface area contributed by atoms with Crippen LogP contribution in [0.15, 0.2) is 47.0 Å². The van der Waals surface area contributed by atoms with Crippen molar-refractivity contribution in [3.05, 3.63) is 76.0 Å². The molecular formula is C17H10ClF2NO2. The Morgan fingerprint density at radius 3 is 2.48 bits per heavy atom. The van der Waals surface area contributed by atoms with Gasteiger partial charge in [0.1, 0.15) is 23.1 Å². The highest BCUT2D eigenvalue weighted by atomic mass is 35.5. The van der Waals surface area contributed by atoms with Crippen LogP contribution in [0.1, 0.15) is 21.7 Å². The zero-order chi connectivity index (χ0) is 16.6. The molecule has 0 bridgehead atoms. The standard InChI is InChI=1S/C17H10ClF2NO2/c1-9-14(17(22)10-5-7-11(19)8-6-10)16(21-23-9)15-12(18)3-2-4-13(15)20/h2-8H,1H3. The summed E-state index contributed by atoms with van der Waals surface area (Å²) in [5, 5.41) is 3.89. The van der Waals surface area contributed by atoms with Crippen molar-refractivity contribution in [2.75, 3.05) is 0 Å². The number of halogens is 3. The van der Waals surface area contributed by atoms with Crippen LogP contribution in [0.3, 0.4) is 0 Å². The van der Waals surface area contributed by atoms with Gasteiger partial charge in [-0.3, -0.25) is 4.79 Å². The molecule has 0 fully saturated rings. The van der Waals surface area contributed by atoms with Gasteiger partial charge in [0.05, 0.1) is 16.1 Å². The third-order valence-electron chi connectivity index (χ3n) is 3.40. The monoisotopic (exact) mass is 333 g/mol. The molecule has 3 aromatic rings. The van der Waals surface area contributed by atoms with E-state index in [0.717, 1.165) is 0 Å².